The van der Waals surface area contributed by atoms with Crippen LogP contribution in [-0.2, 0) is 24.1 Å². The van der Waals surface area contributed by atoms with Gasteiger partial charge in [-0.2, -0.15) is 0 Å². The second-order valence-corrected chi connectivity index (χ2v) is 9.31. The standard InChI is InChI=1S/C26H25ClN4O2/c27-19-9-6-16(7-10-19)14-23(32)29-26-24(17-4-2-1-3-5-17)30-25-21-12-11-20(31-33)15-18(21)8-13-22(25)28-26/h6-7,9-12,15,17H,1-5,8,13-14H2,(H,28,29,32). The monoisotopic (exact) mass is 460 g/mol. The minimum absolute atomic E-state index is 0.110. The number of rotatable bonds is 5. The summed E-state index contributed by atoms with van der Waals surface area (Å²) in [5, 5.41) is 6.78. The van der Waals surface area contributed by atoms with E-state index in [1.165, 1.54) is 6.42 Å². The zero-order chi connectivity index (χ0) is 22.8. The smallest absolute Gasteiger partial charge is 0.229 e. The van der Waals surface area contributed by atoms with Crippen LogP contribution in [0.4, 0.5) is 11.5 Å². The summed E-state index contributed by atoms with van der Waals surface area (Å²) < 4.78 is 0. The summed E-state index contributed by atoms with van der Waals surface area (Å²) in [6.07, 6.45) is 7.38. The number of anilines is 1. The first-order chi connectivity index (χ1) is 16.1. The number of carbonyl (C=O) groups excluding carboxylic acids is 1. The fourth-order valence-corrected chi connectivity index (χ4v) is 5.04. The average Bonchev–Trinajstić information content (AvgIpc) is 2.85. The number of nitrogens with zero attached hydrogens (tertiary/aromatic N) is 3. The molecule has 7 heteroatoms. The molecule has 1 heterocycles. The molecule has 0 bridgehead atoms. The second kappa shape index (κ2) is 9.40. The summed E-state index contributed by atoms with van der Waals surface area (Å²) in [4.78, 5) is 33.9. The van der Waals surface area contributed by atoms with Gasteiger partial charge in [0.15, 0.2) is 5.82 Å². The van der Waals surface area contributed by atoms with Gasteiger partial charge < -0.3 is 5.32 Å². The Morgan fingerprint density at radius 3 is 2.58 bits per heavy atom. The van der Waals surface area contributed by atoms with Crippen LogP contribution < -0.4 is 5.32 Å². The number of nitrogens with one attached hydrogen (secondary N) is 1. The molecule has 1 N–H and O–H groups in total. The summed E-state index contributed by atoms with van der Waals surface area (Å²) in [5.74, 6) is 0.763. The van der Waals surface area contributed by atoms with Crippen LogP contribution in [0.5, 0.6) is 0 Å². The number of carbonyl (C=O) groups is 1. The summed E-state index contributed by atoms with van der Waals surface area (Å²) >= 11 is 5.97. The highest BCUT2D eigenvalue weighted by Crippen LogP contribution is 2.39. The first-order valence-corrected chi connectivity index (χ1v) is 11.9. The van der Waals surface area contributed by atoms with E-state index in [0.717, 1.165) is 65.9 Å². The van der Waals surface area contributed by atoms with E-state index in [4.69, 9.17) is 21.6 Å². The molecule has 0 unspecified atom stereocenters. The van der Waals surface area contributed by atoms with Crippen molar-refractivity contribution in [3.8, 4) is 11.3 Å². The van der Waals surface area contributed by atoms with Gasteiger partial charge in [0.25, 0.3) is 0 Å². The molecule has 0 saturated heterocycles. The SMILES string of the molecule is O=Nc1ccc2c(c1)CCc1nc(NC(=O)Cc3ccc(Cl)cc3)c(C3CCCCC3)nc1-2. The number of amides is 1. The highest BCUT2D eigenvalue weighted by molar-refractivity contribution is 6.30. The molecule has 3 aromatic rings. The molecule has 0 aliphatic heterocycles. The van der Waals surface area contributed by atoms with Crippen LogP contribution in [0.15, 0.2) is 47.6 Å². The Kier molecular flexibility index (Phi) is 6.18. The van der Waals surface area contributed by atoms with Crippen LogP contribution in [0.3, 0.4) is 0 Å². The third-order valence-corrected chi connectivity index (χ3v) is 6.86. The molecule has 2 aliphatic rings. The summed E-state index contributed by atoms with van der Waals surface area (Å²) in [6.45, 7) is 0. The molecule has 0 atom stereocenters. The molecule has 2 aliphatic carbocycles. The molecular formula is C26H25ClN4O2. The number of hydrogen-bond acceptors (Lipinski definition) is 5. The largest absolute Gasteiger partial charge is 0.309 e. The third-order valence-electron chi connectivity index (χ3n) is 6.60. The zero-order valence-corrected chi connectivity index (χ0v) is 19.1. The molecule has 1 fully saturated rings. The molecule has 5 rings (SSSR count). The third kappa shape index (κ3) is 4.67. The molecule has 2 aromatic carbocycles. The van der Waals surface area contributed by atoms with E-state index in [9.17, 15) is 9.70 Å². The maximum absolute atomic E-state index is 12.9. The maximum Gasteiger partial charge on any atom is 0.229 e. The van der Waals surface area contributed by atoms with E-state index < -0.39 is 0 Å². The lowest BCUT2D eigenvalue weighted by Gasteiger charge is -2.26. The van der Waals surface area contributed by atoms with E-state index in [0.29, 0.717) is 22.9 Å². The number of benzene rings is 2. The normalized spacial score (nSPS) is 15.4. The van der Waals surface area contributed by atoms with E-state index in [1.807, 2.05) is 24.3 Å². The molecule has 0 spiro atoms. The maximum atomic E-state index is 12.9. The van der Waals surface area contributed by atoms with Gasteiger partial charge in [0.2, 0.25) is 5.91 Å². The van der Waals surface area contributed by atoms with Crippen LogP contribution in [0, 0.1) is 4.91 Å². The van der Waals surface area contributed by atoms with E-state index in [1.54, 1.807) is 18.2 Å². The lowest BCUT2D eigenvalue weighted by molar-refractivity contribution is -0.115. The average molecular weight is 461 g/mol. The highest BCUT2D eigenvalue weighted by Gasteiger charge is 2.27. The number of hydrogen-bond donors (Lipinski definition) is 1. The van der Waals surface area contributed by atoms with Gasteiger partial charge in [0.05, 0.1) is 23.5 Å². The molecule has 1 aromatic heterocycles. The molecule has 6 nitrogen and oxygen atoms in total. The zero-order valence-electron chi connectivity index (χ0n) is 18.3. The van der Waals surface area contributed by atoms with Crippen molar-refractivity contribution in [1.82, 2.24) is 9.97 Å². The van der Waals surface area contributed by atoms with Gasteiger partial charge in [-0.25, -0.2) is 9.97 Å². The second-order valence-electron chi connectivity index (χ2n) is 8.87. The molecular weight excluding hydrogens is 436 g/mol. The van der Waals surface area contributed by atoms with Gasteiger partial charge >= 0.3 is 0 Å². The fourth-order valence-electron chi connectivity index (χ4n) is 4.92. The van der Waals surface area contributed by atoms with E-state index >= 15 is 0 Å². The van der Waals surface area contributed by atoms with Gasteiger partial charge in [0.1, 0.15) is 5.69 Å². The fraction of sp³-hybridized carbons (Fsp3) is 0.346. The van der Waals surface area contributed by atoms with Crippen molar-refractivity contribution in [3.05, 3.63) is 74.9 Å². The molecule has 33 heavy (non-hydrogen) atoms. The van der Waals surface area contributed by atoms with Crippen LogP contribution in [0.2, 0.25) is 5.02 Å². The van der Waals surface area contributed by atoms with Crippen molar-refractivity contribution in [3.63, 3.8) is 0 Å². The Labute approximate surface area is 197 Å². The molecule has 0 radical (unpaired) electrons. The Morgan fingerprint density at radius 1 is 1.03 bits per heavy atom. The van der Waals surface area contributed by atoms with Crippen LogP contribution in [0.25, 0.3) is 11.3 Å². The summed E-state index contributed by atoms with van der Waals surface area (Å²) in [5.41, 5.74) is 6.04. The number of halogens is 1. The lowest BCUT2D eigenvalue weighted by atomic mass is 9.85. The highest BCUT2D eigenvalue weighted by atomic mass is 35.5. The molecule has 168 valence electrons. The van der Waals surface area contributed by atoms with Gasteiger partial charge in [-0.15, -0.1) is 4.91 Å². The summed E-state index contributed by atoms with van der Waals surface area (Å²) in [6, 6.07) is 12.8. The Hall–Kier alpha value is -3.12. The van der Waals surface area contributed by atoms with Crippen molar-refractivity contribution in [1.29, 1.82) is 0 Å². The first kappa shape index (κ1) is 21.7. The predicted octanol–water partition coefficient (Wildman–Crippen LogP) is 6.52. The van der Waals surface area contributed by atoms with Gasteiger partial charge in [-0.05, 0) is 66.3 Å². The molecule has 1 saturated carbocycles. The molecule has 1 amide bonds. The van der Waals surface area contributed by atoms with Gasteiger partial charge in [-0.1, -0.05) is 49.1 Å². The topological polar surface area (TPSA) is 84.3 Å². The predicted molar refractivity (Wildman–Crippen MR) is 130 cm³/mol. The van der Waals surface area contributed by atoms with E-state index in [2.05, 4.69) is 10.5 Å². The van der Waals surface area contributed by atoms with Crippen molar-refractivity contribution in [2.45, 2.75) is 57.3 Å². The minimum Gasteiger partial charge on any atom is -0.309 e. The summed E-state index contributed by atoms with van der Waals surface area (Å²) in [7, 11) is 0. The van der Waals surface area contributed by atoms with Crippen molar-refractivity contribution in [2.24, 2.45) is 5.18 Å². The van der Waals surface area contributed by atoms with Crippen molar-refractivity contribution < 1.29 is 4.79 Å². The number of aryl methyl sites for hydroxylation is 2. The number of aromatic nitrogens is 2. The van der Waals surface area contributed by atoms with Crippen LogP contribution >= 0.6 is 11.6 Å². The lowest BCUT2D eigenvalue weighted by Crippen LogP contribution is -2.21. The Morgan fingerprint density at radius 2 is 1.82 bits per heavy atom. The van der Waals surface area contributed by atoms with Crippen LogP contribution in [0.1, 0.15) is 60.5 Å². The van der Waals surface area contributed by atoms with Crippen LogP contribution in [-0.4, -0.2) is 15.9 Å². The Bertz CT molecular complexity index is 1200. The van der Waals surface area contributed by atoms with Crippen molar-refractivity contribution >= 4 is 29.0 Å². The quantitative estimate of drug-likeness (QED) is 0.439. The van der Waals surface area contributed by atoms with Crippen molar-refractivity contribution in [2.75, 3.05) is 5.32 Å². The number of nitroso groups, excluding NO2 is 1. The first-order valence-electron chi connectivity index (χ1n) is 11.5. The minimum atomic E-state index is -0.110. The van der Waals surface area contributed by atoms with Gasteiger partial charge in [-0.3, -0.25) is 4.79 Å². The number of fused-ring (bicyclic) bond motifs is 3. The van der Waals surface area contributed by atoms with Gasteiger partial charge in [0, 0.05) is 16.5 Å². The Balaban J connectivity index is 1.49. The van der Waals surface area contributed by atoms with E-state index in [-0.39, 0.29) is 18.2 Å².